The van der Waals surface area contributed by atoms with Crippen molar-refractivity contribution in [1.29, 1.82) is 0 Å². The van der Waals surface area contributed by atoms with Crippen LogP contribution in [0.4, 0.5) is 0 Å². The van der Waals surface area contributed by atoms with Crippen LogP contribution in [0.2, 0.25) is 0 Å². The van der Waals surface area contributed by atoms with Crippen LogP contribution in [0.15, 0.2) is 54.2 Å². The van der Waals surface area contributed by atoms with Crippen molar-refractivity contribution in [3.8, 4) is 10.6 Å². The van der Waals surface area contributed by atoms with Gasteiger partial charge in [0.2, 0.25) is 5.91 Å². The van der Waals surface area contributed by atoms with Gasteiger partial charge in [-0.15, -0.1) is 11.3 Å². The van der Waals surface area contributed by atoms with Gasteiger partial charge in [0.1, 0.15) is 10.5 Å². The first-order valence-corrected chi connectivity index (χ1v) is 9.65. The summed E-state index contributed by atoms with van der Waals surface area (Å²) in [7, 11) is 0. The molecule has 1 saturated heterocycles. The standard InChI is InChI=1S/C19H21N5OS/c25-18(19(7-10-20-11-8-19)24-12-4-9-22-24)21-13-16-14-26-17(23-16)15-5-2-1-3-6-15/h1-6,9,12,14,20H,7-8,10-11,13H2,(H,21,25). The monoisotopic (exact) mass is 367 g/mol. The van der Waals surface area contributed by atoms with Gasteiger partial charge < -0.3 is 10.6 Å². The van der Waals surface area contributed by atoms with E-state index in [1.54, 1.807) is 22.2 Å². The van der Waals surface area contributed by atoms with Gasteiger partial charge in [-0.3, -0.25) is 9.48 Å². The zero-order valence-corrected chi connectivity index (χ0v) is 15.2. The quantitative estimate of drug-likeness (QED) is 0.726. The van der Waals surface area contributed by atoms with E-state index in [0.717, 1.165) is 42.2 Å². The van der Waals surface area contributed by atoms with Crippen molar-refractivity contribution in [2.45, 2.75) is 24.9 Å². The van der Waals surface area contributed by atoms with Gasteiger partial charge >= 0.3 is 0 Å². The third kappa shape index (κ3) is 3.27. The summed E-state index contributed by atoms with van der Waals surface area (Å²) in [6, 6.07) is 12.0. The Morgan fingerprint density at radius 1 is 1.23 bits per heavy atom. The van der Waals surface area contributed by atoms with E-state index in [2.05, 4.69) is 20.7 Å². The Labute approximate surface area is 156 Å². The maximum atomic E-state index is 13.0. The molecule has 4 rings (SSSR count). The molecule has 3 heterocycles. The molecule has 2 N–H and O–H groups in total. The lowest BCUT2D eigenvalue weighted by Gasteiger charge is -2.36. The third-order valence-corrected chi connectivity index (χ3v) is 5.74. The summed E-state index contributed by atoms with van der Waals surface area (Å²) in [4.78, 5) is 17.7. The minimum Gasteiger partial charge on any atom is -0.348 e. The molecular formula is C19H21N5OS. The van der Waals surface area contributed by atoms with E-state index in [-0.39, 0.29) is 5.91 Å². The predicted octanol–water partition coefficient (Wildman–Crippen LogP) is 2.40. The van der Waals surface area contributed by atoms with Crippen LogP contribution in [-0.2, 0) is 16.9 Å². The second-order valence-electron chi connectivity index (χ2n) is 6.42. The molecule has 1 fully saturated rings. The molecule has 3 aromatic rings. The highest BCUT2D eigenvalue weighted by Gasteiger charge is 2.41. The molecule has 1 aliphatic heterocycles. The number of benzene rings is 1. The van der Waals surface area contributed by atoms with Crippen molar-refractivity contribution in [2.75, 3.05) is 13.1 Å². The molecule has 7 heteroatoms. The molecule has 0 aliphatic carbocycles. The van der Waals surface area contributed by atoms with Crippen molar-refractivity contribution < 1.29 is 4.79 Å². The summed E-state index contributed by atoms with van der Waals surface area (Å²) in [5.41, 5.74) is 1.36. The molecule has 0 spiro atoms. The molecule has 26 heavy (non-hydrogen) atoms. The molecule has 1 aromatic carbocycles. The first-order valence-electron chi connectivity index (χ1n) is 8.77. The van der Waals surface area contributed by atoms with Crippen LogP contribution < -0.4 is 10.6 Å². The number of thiazole rings is 1. The Bertz CT molecular complexity index is 853. The lowest BCUT2D eigenvalue weighted by Crippen LogP contribution is -2.54. The summed E-state index contributed by atoms with van der Waals surface area (Å²) in [5, 5.41) is 13.7. The number of hydrogen-bond donors (Lipinski definition) is 2. The van der Waals surface area contributed by atoms with Crippen molar-refractivity contribution in [2.24, 2.45) is 0 Å². The summed E-state index contributed by atoms with van der Waals surface area (Å²) in [6.45, 7) is 2.04. The lowest BCUT2D eigenvalue weighted by atomic mass is 9.87. The fourth-order valence-corrected chi connectivity index (χ4v) is 4.19. The Kier molecular flexibility index (Phi) is 4.81. The summed E-state index contributed by atoms with van der Waals surface area (Å²) in [6.07, 6.45) is 5.06. The largest absolute Gasteiger partial charge is 0.348 e. The van der Waals surface area contributed by atoms with Gasteiger partial charge in [-0.2, -0.15) is 5.10 Å². The maximum absolute atomic E-state index is 13.0. The van der Waals surface area contributed by atoms with Crippen LogP contribution in [0.5, 0.6) is 0 Å². The minimum absolute atomic E-state index is 0.0111. The van der Waals surface area contributed by atoms with E-state index in [9.17, 15) is 4.79 Å². The third-order valence-electron chi connectivity index (χ3n) is 4.80. The highest BCUT2D eigenvalue weighted by Crippen LogP contribution is 2.28. The molecule has 2 aromatic heterocycles. The van der Waals surface area contributed by atoms with Crippen molar-refractivity contribution in [3.63, 3.8) is 0 Å². The number of carbonyl (C=O) groups is 1. The molecule has 0 bridgehead atoms. The molecule has 0 atom stereocenters. The predicted molar refractivity (Wildman–Crippen MR) is 102 cm³/mol. The van der Waals surface area contributed by atoms with E-state index < -0.39 is 5.54 Å². The van der Waals surface area contributed by atoms with E-state index in [1.807, 2.05) is 48.0 Å². The number of piperidine rings is 1. The average molecular weight is 367 g/mol. The van der Waals surface area contributed by atoms with Crippen LogP contribution in [0.25, 0.3) is 10.6 Å². The second-order valence-corrected chi connectivity index (χ2v) is 7.28. The Balaban J connectivity index is 1.47. The summed E-state index contributed by atoms with van der Waals surface area (Å²) < 4.78 is 1.81. The van der Waals surface area contributed by atoms with Crippen molar-refractivity contribution in [3.05, 3.63) is 59.9 Å². The maximum Gasteiger partial charge on any atom is 0.248 e. The summed E-state index contributed by atoms with van der Waals surface area (Å²) in [5.74, 6) is 0.0111. The topological polar surface area (TPSA) is 71.8 Å². The van der Waals surface area contributed by atoms with Gasteiger partial charge in [-0.25, -0.2) is 4.98 Å². The first-order chi connectivity index (χ1) is 12.8. The highest BCUT2D eigenvalue weighted by molar-refractivity contribution is 7.13. The second kappa shape index (κ2) is 7.39. The van der Waals surface area contributed by atoms with E-state index >= 15 is 0 Å². The van der Waals surface area contributed by atoms with Crippen LogP contribution in [0.1, 0.15) is 18.5 Å². The van der Waals surface area contributed by atoms with Crippen molar-refractivity contribution in [1.82, 2.24) is 25.4 Å². The SMILES string of the molecule is O=C(NCc1csc(-c2ccccc2)n1)C1(n2cccn2)CCNCC1. The van der Waals surface area contributed by atoms with E-state index in [1.165, 1.54) is 0 Å². The fourth-order valence-electron chi connectivity index (χ4n) is 3.36. The normalized spacial score (nSPS) is 16.3. The zero-order chi connectivity index (χ0) is 17.8. The number of rotatable bonds is 5. The van der Waals surface area contributed by atoms with Crippen LogP contribution >= 0.6 is 11.3 Å². The smallest absolute Gasteiger partial charge is 0.248 e. The van der Waals surface area contributed by atoms with Gasteiger partial charge in [0, 0.05) is 23.3 Å². The molecule has 0 unspecified atom stereocenters. The number of nitrogens with one attached hydrogen (secondary N) is 2. The zero-order valence-electron chi connectivity index (χ0n) is 14.4. The van der Waals surface area contributed by atoms with Crippen LogP contribution in [0, 0.1) is 0 Å². The number of hydrogen-bond acceptors (Lipinski definition) is 5. The molecule has 1 aliphatic rings. The Morgan fingerprint density at radius 3 is 2.77 bits per heavy atom. The Hall–Kier alpha value is -2.51. The molecule has 0 saturated carbocycles. The van der Waals surface area contributed by atoms with Crippen LogP contribution in [-0.4, -0.2) is 33.8 Å². The minimum atomic E-state index is -0.618. The highest BCUT2D eigenvalue weighted by atomic mass is 32.1. The summed E-state index contributed by atoms with van der Waals surface area (Å²) >= 11 is 1.60. The Morgan fingerprint density at radius 2 is 2.04 bits per heavy atom. The van der Waals surface area contributed by atoms with Gasteiger partial charge in [0.15, 0.2) is 0 Å². The lowest BCUT2D eigenvalue weighted by molar-refractivity contribution is -0.132. The van der Waals surface area contributed by atoms with Crippen LogP contribution in [0.3, 0.4) is 0 Å². The van der Waals surface area contributed by atoms with Gasteiger partial charge in [0.05, 0.1) is 12.2 Å². The molecule has 6 nitrogen and oxygen atoms in total. The number of amides is 1. The van der Waals surface area contributed by atoms with Crippen molar-refractivity contribution >= 4 is 17.2 Å². The van der Waals surface area contributed by atoms with Gasteiger partial charge in [-0.05, 0) is 32.0 Å². The fraction of sp³-hybridized carbons (Fsp3) is 0.316. The number of nitrogens with zero attached hydrogens (tertiary/aromatic N) is 3. The molecule has 0 radical (unpaired) electrons. The number of aromatic nitrogens is 3. The van der Waals surface area contributed by atoms with E-state index in [0.29, 0.717) is 6.54 Å². The first kappa shape index (κ1) is 16.9. The molecule has 134 valence electrons. The van der Waals surface area contributed by atoms with Gasteiger partial charge in [0.25, 0.3) is 0 Å². The molecule has 1 amide bonds. The van der Waals surface area contributed by atoms with E-state index in [4.69, 9.17) is 0 Å². The molecular weight excluding hydrogens is 346 g/mol. The number of carbonyl (C=O) groups excluding carboxylic acids is 1. The van der Waals surface area contributed by atoms with Gasteiger partial charge in [-0.1, -0.05) is 30.3 Å². The average Bonchev–Trinajstić information content (AvgIpc) is 3.39.